The summed E-state index contributed by atoms with van der Waals surface area (Å²) in [5.74, 6) is -4.93. The van der Waals surface area contributed by atoms with E-state index in [-0.39, 0.29) is 41.6 Å². The fraction of sp³-hybridized carbons (Fsp3) is 0.371. The van der Waals surface area contributed by atoms with Crippen LogP contribution in [0.2, 0.25) is 0 Å². The molecule has 0 aliphatic heterocycles. The van der Waals surface area contributed by atoms with Gasteiger partial charge in [0.25, 0.3) is 11.8 Å². The first kappa shape index (κ1) is 30.8. The number of aliphatic hydroxyl groups is 2. The van der Waals surface area contributed by atoms with Crippen LogP contribution in [0.15, 0.2) is 71.2 Å². The lowest BCUT2D eigenvalue weighted by molar-refractivity contribution is -0.146. The molecule has 0 spiro atoms. The van der Waals surface area contributed by atoms with E-state index in [4.69, 9.17) is 5.73 Å². The Bertz CT molecular complexity index is 1750. The Morgan fingerprint density at radius 1 is 1.02 bits per heavy atom. The Morgan fingerprint density at radius 3 is 2.18 bits per heavy atom. The number of anilines is 1. The maximum atomic E-state index is 14.3. The van der Waals surface area contributed by atoms with E-state index < -0.39 is 56.7 Å². The number of benzene rings is 2. The molecular formula is C35H38N2O7. The molecule has 0 aromatic heterocycles. The summed E-state index contributed by atoms with van der Waals surface area (Å²) in [6.45, 7) is 14.1. The van der Waals surface area contributed by atoms with Gasteiger partial charge in [-0.2, -0.15) is 0 Å². The van der Waals surface area contributed by atoms with Crippen molar-refractivity contribution in [3.63, 3.8) is 0 Å². The molecule has 0 bridgehead atoms. The van der Waals surface area contributed by atoms with Crippen LogP contribution in [0.4, 0.5) is 5.69 Å². The van der Waals surface area contributed by atoms with Crippen molar-refractivity contribution in [2.75, 3.05) is 5.32 Å². The minimum absolute atomic E-state index is 0.0105. The second-order valence-electron chi connectivity index (χ2n) is 13.5. The van der Waals surface area contributed by atoms with Gasteiger partial charge in [-0.05, 0) is 72.9 Å². The van der Waals surface area contributed by atoms with E-state index >= 15 is 0 Å². The summed E-state index contributed by atoms with van der Waals surface area (Å²) >= 11 is 0. The summed E-state index contributed by atoms with van der Waals surface area (Å²) in [7, 11) is 0. The van der Waals surface area contributed by atoms with Gasteiger partial charge >= 0.3 is 0 Å². The van der Waals surface area contributed by atoms with E-state index in [1.165, 1.54) is 13.0 Å². The molecular weight excluding hydrogens is 560 g/mol. The number of phenolic OH excluding ortho intramolecular Hbond substituents is 1. The van der Waals surface area contributed by atoms with E-state index in [1.807, 2.05) is 27.7 Å². The van der Waals surface area contributed by atoms with Gasteiger partial charge in [0.05, 0.1) is 11.0 Å². The number of hydrogen-bond acceptors (Lipinski definition) is 7. The van der Waals surface area contributed by atoms with Gasteiger partial charge in [0.15, 0.2) is 11.6 Å². The van der Waals surface area contributed by atoms with Gasteiger partial charge in [0, 0.05) is 28.2 Å². The maximum Gasteiger partial charge on any atom is 0.255 e. The largest absolute Gasteiger partial charge is 0.511 e. The van der Waals surface area contributed by atoms with Crippen LogP contribution >= 0.6 is 0 Å². The molecule has 3 aliphatic rings. The summed E-state index contributed by atoms with van der Waals surface area (Å²) in [6, 6.07) is 10.2. The smallest absolute Gasteiger partial charge is 0.255 e. The van der Waals surface area contributed by atoms with Crippen molar-refractivity contribution >= 4 is 29.1 Å². The molecule has 4 unspecified atom stereocenters. The lowest BCUT2D eigenvalue weighted by atomic mass is 9.41. The number of hydrogen-bond donors (Lipinski definition) is 5. The Kier molecular flexibility index (Phi) is 6.95. The van der Waals surface area contributed by atoms with E-state index in [2.05, 4.69) is 11.9 Å². The molecule has 0 saturated carbocycles. The van der Waals surface area contributed by atoms with Crippen molar-refractivity contribution in [3.05, 3.63) is 82.3 Å². The van der Waals surface area contributed by atoms with Crippen LogP contribution < -0.4 is 11.1 Å². The van der Waals surface area contributed by atoms with Crippen LogP contribution in [0.25, 0.3) is 11.1 Å². The monoisotopic (exact) mass is 598 g/mol. The number of allylic oxidation sites excluding steroid dienone is 3. The minimum atomic E-state index is -1.74. The first-order valence-corrected chi connectivity index (χ1v) is 14.6. The van der Waals surface area contributed by atoms with E-state index in [9.17, 15) is 34.5 Å². The van der Waals surface area contributed by atoms with Crippen LogP contribution in [0.1, 0.15) is 63.9 Å². The van der Waals surface area contributed by atoms with E-state index in [1.54, 1.807) is 37.3 Å². The lowest BCUT2D eigenvalue weighted by Crippen LogP contribution is -2.62. The third-order valence-electron chi connectivity index (χ3n) is 10.2. The molecule has 230 valence electrons. The Labute approximate surface area is 256 Å². The first-order valence-electron chi connectivity index (χ1n) is 14.6. The number of amides is 2. The topological polar surface area (TPSA) is 167 Å². The summed E-state index contributed by atoms with van der Waals surface area (Å²) in [4.78, 5) is 52.8. The Hall–Kier alpha value is -4.66. The van der Waals surface area contributed by atoms with Crippen LogP contribution in [0, 0.1) is 28.1 Å². The number of ketones is 2. The van der Waals surface area contributed by atoms with Crippen molar-refractivity contribution in [1.82, 2.24) is 0 Å². The number of Topliss-reactive ketones (excluding diaryl/α,β-unsaturated/α-hetero) is 2. The highest BCUT2D eigenvalue weighted by atomic mass is 16.3. The number of phenols is 1. The molecule has 0 heterocycles. The van der Waals surface area contributed by atoms with E-state index in [0.29, 0.717) is 22.4 Å². The zero-order chi connectivity index (χ0) is 32.7. The molecule has 0 radical (unpaired) electrons. The van der Waals surface area contributed by atoms with Gasteiger partial charge in [-0.3, -0.25) is 19.2 Å². The third-order valence-corrected chi connectivity index (χ3v) is 10.2. The van der Waals surface area contributed by atoms with E-state index in [0.717, 1.165) is 5.56 Å². The summed E-state index contributed by atoms with van der Waals surface area (Å²) in [6.07, 6.45) is 0.454. The molecule has 2 aromatic carbocycles. The highest BCUT2D eigenvalue weighted by Crippen LogP contribution is 2.68. The van der Waals surface area contributed by atoms with Crippen LogP contribution in [-0.4, -0.2) is 38.7 Å². The number of fused-ring (bicyclic) bond motifs is 3. The molecule has 0 fully saturated rings. The number of aromatic hydroxyl groups is 1. The van der Waals surface area contributed by atoms with Gasteiger partial charge in [-0.1, -0.05) is 52.5 Å². The fourth-order valence-corrected chi connectivity index (χ4v) is 8.14. The predicted octanol–water partition coefficient (Wildman–Crippen LogP) is 5.70. The van der Waals surface area contributed by atoms with Gasteiger partial charge in [0.1, 0.15) is 22.8 Å². The highest BCUT2D eigenvalue weighted by Gasteiger charge is 2.69. The van der Waals surface area contributed by atoms with Crippen molar-refractivity contribution in [1.29, 1.82) is 0 Å². The van der Waals surface area contributed by atoms with Gasteiger partial charge in [-0.15, -0.1) is 0 Å². The highest BCUT2D eigenvalue weighted by molar-refractivity contribution is 6.24. The molecule has 2 aromatic rings. The van der Waals surface area contributed by atoms with Crippen molar-refractivity contribution in [2.45, 2.75) is 54.4 Å². The Balaban J connectivity index is 1.70. The number of aliphatic hydroxyl groups excluding tert-OH is 2. The molecule has 3 aliphatic carbocycles. The predicted molar refractivity (Wildman–Crippen MR) is 166 cm³/mol. The van der Waals surface area contributed by atoms with Gasteiger partial charge in [0.2, 0.25) is 0 Å². The number of carbonyl (C=O) groups is 4. The molecule has 4 atom stereocenters. The number of nitrogens with one attached hydrogen (secondary N) is 1. The average Bonchev–Trinajstić information content (AvgIpc) is 2.91. The Morgan fingerprint density at radius 2 is 1.64 bits per heavy atom. The SMILES string of the molecule is C=C(C)C(=O)Nc1ccc(-c2ccc(O)c3c2CC2(C)CC4(C)C(C(C)C)C(O)=C(C(N)=O)C(=O)C4(C)C(O)=C2C3=O)cc1. The third kappa shape index (κ3) is 4.05. The second-order valence-corrected chi connectivity index (χ2v) is 13.5. The summed E-state index contributed by atoms with van der Waals surface area (Å²) in [5.41, 5.74) is 4.16. The van der Waals surface area contributed by atoms with Crippen molar-refractivity contribution < 1.29 is 34.5 Å². The zero-order valence-electron chi connectivity index (χ0n) is 25.8. The molecule has 9 nitrogen and oxygen atoms in total. The van der Waals surface area contributed by atoms with Crippen LogP contribution in [0.3, 0.4) is 0 Å². The maximum absolute atomic E-state index is 14.3. The number of primary amides is 1. The van der Waals surface area contributed by atoms with Gasteiger partial charge < -0.3 is 26.4 Å². The van der Waals surface area contributed by atoms with Gasteiger partial charge in [-0.25, -0.2) is 0 Å². The molecule has 2 amide bonds. The first-order chi connectivity index (χ1) is 20.4. The minimum Gasteiger partial charge on any atom is -0.511 e. The fourth-order valence-electron chi connectivity index (χ4n) is 8.14. The van der Waals surface area contributed by atoms with Crippen molar-refractivity contribution in [3.8, 4) is 16.9 Å². The van der Waals surface area contributed by atoms with Crippen LogP contribution in [-0.2, 0) is 20.8 Å². The number of nitrogens with two attached hydrogens (primary N) is 1. The molecule has 0 saturated heterocycles. The van der Waals surface area contributed by atoms with Crippen LogP contribution in [0.5, 0.6) is 5.75 Å². The second kappa shape index (κ2) is 9.94. The summed E-state index contributed by atoms with van der Waals surface area (Å²) < 4.78 is 0. The average molecular weight is 599 g/mol. The lowest BCUT2D eigenvalue weighted by Gasteiger charge is -2.60. The zero-order valence-corrected chi connectivity index (χ0v) is 25.8. The number of carbonyl (C=O) groups excluding carboxylic acids is 4. The van der Waals surface area contributed by atoms with Crippen molar-refractivity contribution in [2.24, 2.45) is 33.8 Å². The standard InChI is InChI=1S/C35H38N2O7/c1-16(2)25-28(40)24(31(36)43)29(41)35(7)30(42)26-27(39)23-21(14-33(26,5)15-34(25,35)6)20(12-13-22(23)38)18-8-10-19(11-9-18)37-32(44)17(3)4/h8-13,16,25,38,40,42H,3,14-15H2,1-2,4-7H3,(H2,36,43)(H,37,44). The normalized spacial score (nSPS) is 27.9. The molecule has 6 N–H and O–H groups in total. The molecule has 5 rings (SSSR count). The molecule has 9 heteroatoms. The quantitative estimate of drug-likeness (QED) is 0.217. The molecule has 44 heavy (non-hydrogen) atoms. The summed E-state index contributed by atoms with van der Waals surface area (Å²) in [5, 5.41) is 37.1. The number of rotatable bonds is 5.